The molecule has 1 unspecified atom stereocenters. The van der Waals surface area contributed by atoms with Crippen molar-refractivity contribution < 1.29 is 37.3 Å². The van der Waals surface area contributed by atoms with Crippen LogP contribution in [-0.2, 0) is 15.7 Å². The zero-order valence-electron chi connectivity index (χ0n) is 15.9. The molecule has 1 fully saturated rings. The quantitative estimate of drug-likeness (QED) is 0.826. The van der Waals surface area contributed by atoms with E-state index >= 15 is 0 Å². The van der Waals surface area contributed by atoms with Crippen LogP contribution in [0.2, 0.25) is 0 Å². The van der Waals surface area contributed by atoms with Crippen molar-refractivity contribution in [1.82, 2.24) is 9.88 Å². The van der Waals surface area contributed by atoms with E-state index in [4.69, 9.17) is 9.47 Å². The third kappa shape index (κ3) is 4.96. The minimum atomic E-state index is -4.65. The lowest BCUT2D eigenvalue weighted by atomic mass is 10.1. The fourth-order valence-corrected chi connectivity index (χ4v) is 2.72. The molecule has 0 aromatic carbocycles. The number of pyridine rings is 1. The number of hydrogen-bond donors (Lipinski definition) is 1. The third-order valence-electron chi connectivity index (χ3n) is 3.96. The molecule has 2 rings (SSSR count). The molecule has 156 valence electrons. The summed E-state index contributed by atoms with van der Waals surface area (Å²) in [5, 5.41) is 9.55. The summed E-state index contributed by atoms with van der Waals surface area (Å²) < 4.78 is 49.0. The first-order valence-electron chi connectivity index (χ1n) is 8.43. The van der Waals surface area contributed by atoms with Crippen molar-refractivity contribution in [2.24, 2.45) is 0 Å². The number of nitrogens with zero attached hydrogens (tertiary/aromatic N) is 3. The minimum absolute atomic E-state index is 0.0149. The molecule has 0 radical (unpaired) electrons. The van der Waals surface area contributed by atoms with Crippen LogP contribution in [0, 0.1) is 0 Å². The molecular weight excluding hydrogens is 383 g/mol. The molecule has 1 aliphatic heterocycles. The van der Waals surface area contributed by atoms with Crippen molar-refractivity contribution in [2.45, 2.75) is 38.6 Å². The smallest absolute Gasteiger partial charge is 0.421 e. The number of halogens is 3. The maximum atomic E-state index is 13.0. The number of anilines is 1. The number of rotatable bonds is 3. The summed E-state index contributed by atoms with van der Waals surface area (Å²) in [6.45, 7) is 5.05. The Bertz CT molecular complexity index is 749. The predicted octanol–water partition coefficient (Wildman–Crippen LogP) is 2.62. The van der Waals surface area contributed by atoms with E-state index in [9.17, 15) is 27.9 Å². The van der Waals surface area contributed by atoms with Gasteiger partial charge < -0.3 is 24.4 Å². The SMILES string of the molecule is COc1nc(N2CCN(C(=O)OC(C)(C)C)CC2C(=O)O)ccc1C(F)(F)F. The molecule has 8 nitrogen and oxygen atoms in total. The molecule has 0 spiro atoms. The first kappa shape index (κ1) is 21.6. The van der Waals surface area contributed by atoms with Gasteiger partial charge >= 0.3 is 18.2 Å². The number of aliphatic carboxylic acids is 1. The maximum Gasteiger partial charge on any atom is 0.421 e. The number of ether oxygens (including phenoxy) is 2. The fourth-order valence-electron chi connectivity index (χ4n) is 2.72. The highest BCUT2D eigenvalue weighted by Gasteiger charge is 2.39. The van der Waals surface area contributed by atoms with Crippen LogP contribution in [0.25, 0.3) is 0 Å². The van der Waals surface area contributed by atoms with E-state index in [1.54, 1.807) is 20.8 Å². The standard InChI is InChI=1S/C17H22F3N3O5/c1-16(2,3)28-15(26)22-7-8-23(11(9-22)14(24)25)12-6-5-10(17(18,19)20)13(21-12)27-4/h5-6,11H,7-9H2,1-4H3,(H,24,25). The third-order valence-corrected chi connectivity index (χ3v) is 3.96. The van der Waals surface area contributed by atoms with Crippen LogP contribution in [0.3, 0.4) is 0 Å². The lowest BCUT2D eigenvalue weighted by Gasteiger charge is -2.40. The zero-order chi connectivity index (χ0) is 21.3. The Morgan fingerprint density at radius 3 is 2.36 bits per heavy atom. The Hall–Kier alpha value is -2.72. The van der Waals surface area contributed by atoms with Gasteiger partial charge in [-0.05, 0) is 32.9 Å². The van der Waals surface area contributed by atoms with Gasteiger partial charge in [-0.25, -0.2) is 9.59 Å². The van der Waals surface area contributed by atoms with Crippen LogP contribution in [0.15, 0.2) is 12.1 Å². The number of piperazine rings is 1. The maximum absolute atomic E-state index is 13.0. The molecule has 0 bridgehead atoms. The summed E-state index contributed by atoms with van der Waals surface area (Å²) >= 11 is 0. The first-order chi connectivity index (χ1) is 12.8. The highest BCUT2D eigenvalue weighted by molar-refractivity contribution is 5.80. The van der Waals surface area contributed by atoms with Crippen molar-refractivity contribution in [1.29, 1.82) is 0 Å². The zero-order valence-corrected chi connectivity index (χ0v) is 15.9. The second-order valence-corrected chi connectivity index (χ2v) is 7.20. The van der Waals surface area contributed by atoms with Gasteiger partial charge in [0, 0.05) is 13.1 Å². The van der Waals surface area contributed by atoms with Gasteiger partial charge in [0.2, 0.25) is 5.88 Å². The minimum Gasteiger partial charge on any atom is -0.481 e. The molecule has 1 aromatic rings. The Morgan fingerprint density at radius 1 is 1.21 bits per heavy atom. The van der Waals surface area contributed by atoms with Gasteiger partial charge in [0.15, 0.2) is 0 Å². The van der Waals surface area contributed by atoms with Gasteiger partial charge in [0.05, 0.1) is 13.7 Å². The Labute approximate surface area is 159 Å². The van der Waals surface area contributed by atoms with Crippen LogP contribution in [-0.4, -0.2) is 65.4 Å². The van der Waals surface area contributed by atoms with Crippen LogP contribution < -0.4 is 9.64 Å². The summed E-state index contributed by atoms with van der Waals surface area (Å²) in [7, 11) is 1.05. The summed E-state index contributed by atoms with van der Waals surface area (Å²) in [4.78, 5) is 30.3. The van der Waals surface area contributed by atoms with Crippen molar-refractivity contribution in [2.75, 3.05) is 31.6 Å². The van der Waals surface area contributed by atoms with Gasteiger partial charge in [-0.1, -0.05) is 0 Å². The normalized spacial score (nSPS) is 18.0. The second kappa shape index (κ2) is 7.72. The van der Waals surface area contributed by atoms with E-state index in [1.807, 2.05) is 0 Å². The van der Waals surface area contributed by atoms with Crippen LogP contribution in [0.1, 0.15) is 26.3 Å². The first-order valence-corrected chi connectivity index (χ1v) is 8.43. The van der Waals surface area contributed by atoms with Crippen molar-refractivity contribution in [3.63, 3.8) is 0 Å². The molecule has 28 heavy (non-hydrogen) atoms. The average Bonchev–Trinajstić information content (AvgIpc) is 2.58. The molecule has 0 aliphatic carbocycles. The molecule has 1 saturated heterocycles. The number of aromatic nitrogens is 1. The molecule has 11 heteroatoms. The fraction of sp³-hybridized carbons (Fsp3) is 0.588. The molecule has 1 amide bonds. The molecule has 1 N–H and O–H groups in total. The highest BCUT2D eigenvalue weighted by Crippen LogP contribution is 2.36. The largest absolute Gasteiger partial charge is 0.481 e. The Kier molecular flexibility index (Phi) is 5.95. The summed E-state index contributed by atoms with van der Waals surface area (Å²) in [6.07, 6.45) is -5.31. The molecular formula is C17H22F3N3O5. The van der Waals surface area contributed by atoms with Gasteiger partial charge in [-0.3, -0.25) is 0 Å². The topological polar surface area (TPSA) is 92.2 Å². The lowest BCUT2D eigenvalue weighted by Crippen LogP contribution is -2.58. The number of amides is 1. The molecule has 2 heterocycles. The number of methoxy groups -OCH3 is 1. The second-order valence-electron chi connectivity index (χ2n) is 7.20. The Morgan fingerprint density at radius 2 is 1.86 bits per heavy atom. The average molecular weight is 405 g/mol. The van der Waals surface area contributed by atoms with Gasteiger partial charge in [0.25, 0.3) is 0 Å². The summed E-state index contributed by atoms with van der Waals surface area (Å²) in [5.74, 6) is -1.88. The van der Waals surface area contributed by atoms with E-state index in [-0.39, 0.29) is 25.5 Å². The van der Waals surface area contributed by atoms with E-state index in [0.717, 1.165) is 19.2 Å². The summed E-state index contributed by atoms with van der Waals surface area (Å²) in [6, 6.07) is 0.681. The monoisotopic (exact) mass is 405 g/mol. The number of carbonyl (C=O) groups excluding carboxylic acids is 1. The van der Waals surface area contributed by atoms with Gasteiger partial charge in [-0.15, -0.1) is 0 Å². The molecule has 1 aliphatic rings. The molecule has 1 aromatic heterocycles. The number of carboxylic acids is 1. The van der Waals surface area contributed by atoms with E-state index in [2.05, 4.69) is 4.98 Å². The Balaban J connectivity index is 2.27. The van der Waals surface area contributed by atoms with E-state index in [1.165, 1.54) is 9.80 Å². The summed E-state index contributed by atoms with van der Waals surface area (Å²) in [5.41, 5.74) is -1.80. The van der Waals surface area contributed by atoms with E-state index in [0.29, 0.717) is 0 Å². The van der Waals surface area contributed by atoms with Crippen LogP contribution >= 0.6 is 0 Å². The molecule has 0 saturated carbocycles. The van der Waals surface area contributed by atoms with Gasteiger partial charge in [-0.2, -0.15) is 18.2 Å². The number of carbonyl (C=O) groups is 2. The van der Waals surface area contributed by atoms with Crippen molar-refractivity contribution in [3.8, 4) is 5.88 Å². The lowest BCUT2D eigenvalue weighted by molar-refractivity contribution is -0.140. The number of alkyl halides is 3. The van der Waals surface area contributed by atoms with Crippen molar-refractivity contribution in [3.05, 3.63) is 17.7 Å². The van der Waals surface area contributed by atoms with Crippen molar-refractivity contribution >= 4 is 17.9 Å². The number of carboxylic acid groups (broad SMARTS) is 1. The number of hydrogen-bond acceptors (Lipinski definition) is 6. The van der Waals surface area contributed by atoms with Gasteiger partial charge in [0.1, 0.15) is 23.0 Å². The molecule has 1 atom stereocenters. The van der Waals surface area contributed by atoms with Crippen LogP contribution in [0.4, 0.5) is 23.8 Å². The van der Waals surface area contributed by atoms with E-state index < -0.39 is 41.3 Å². The highest BCUT2D eigenvalue weighted by atomic mass is 19.4. The van der Waals surface area contributed by atoms with Crippen LogP contribution in [0.5, 0.6) is 5.88 Å². The predicted molar refractivity (Wildman–Crippen MR) is 92.4 cm³/mol.